The van der Waals surface area contributed by atoms with Gasteiger partial charge in [-0.05, 0) is 104 Å². The first kappa shape index (κ1) is 28.4. The van der Waals surface area contributed by atoms with Gasteiger partial charge in [-0.1, -0.05) is 26.0 Å². The van der Waals surface area contributed by atoms with Gasteiger partial charge in [0.15, 0.2) is 0 Å². The average molecular weight is 542 g/mol. The number of H-pyrrole nitrogens is 1. The van der Waals surface area contributed by atoms with Crippen LogP contribution in [0.5, 0.6) is 0 Å². The molecule has 0 spiro atoms. The minimum absolute atomic E-state index is 0.342. The number of aromatic amines is 1. The van der Waals surface area contributed by atoms with Crippen molar-refractivity contribution in [1.29, 1.82) is 0 Å². The van der Waals surface area contributed by atoms with Crippen molar-refractivity contribution in [2.45, 2.75) is 77.7 Å². The number of nitrogens with zero attached hydrogens (tertiary/aromatic N) is 4. The molecule has 1 aromatic heterocycles. The number of fused-ring (bicyclic) bond motifs is 3. The molecule has 5 rings (SSSR count). The van der Waals surface area contributed by atoms with Crippen molar-refractivity contribution >= 4 is 28.5 Å². The largest absolute Gasteiger partial charge is 0.392 e. The number of hydrogen-bond acceptors (Lipinski definition) is 6. The molecule has 2 aliphatic heterocycles. The molecule has 3 heterocycles. The van der Waals surface area contributed by atoms with E-state index in [1.807, 2.05) is 20.3 Å². The van der Waals surface area contributed by atoms with Crippen LogP contribution in [0, 0.1) is 0 Å². The SMILES string of the molecule is CN/C=C(/CN1CCC(c2ccc3[nH]c(C4=C/CCC5CC(=NC=N5)/C(C)=C\4C)c(C(C)C)c3c2)CC1)N(C)N. The third-order valence-corrected chi connectivity index (χ3v) is 9.09. The number of aliphatic imine (C=N–C) groups is 2. The molecule has 40 heavy (non-hydrogen) atoms. The number of aromatic nitrogens is 1. The van der Waals surface area contributed by atoms with E-state index in [1.165, 1.54) is 63.0 Å². The molecule has 4 N–H and O–H groups in total. The maximum Gasteiger partial charge on any atom is 0.110 e. The molecule has 0 amide bonds. The molecule has 0 saturated carbocycles. The van der Waals surface area contributed by atoms with E-state index in [1.54, 1.807) is 11.3 Å². The van der Waals surface area contributed by atoms with E-state index < -0.39 is 0 Å². The highest BCUT2D eigenvalue weighted by Crippen LogP contribution is 2.40. The van der Waals surface area contributed by atoms with E-state index in [4.69, 9.17) is 5.84 Å². The van der Waals surface area contributed by atoms with Crippen molar-refractivity contribution in [1.82, 2.24) is 20.2 Å². The molecule has 7 heteroatoms. The summed E-state index contributed by atoms with van der Waals surface area (Å²) < 4.78 is 0. The Morgan fingerprint density at radius 1 is 1.20 bits per heavy atom. The van der Waals surface area contributed by atoms with Crippen molar-refractivity contribution in [3.63, 3.8) is 0 Å². The molecule has 2 aromatic rings. The maximum absolute atomic E-state index is 6.05. The van der Waals surface area contributed by atoms with E-state index in [2.05, 4.69) is 77.2 Å². The molecule has 2 bridgehead atoms. The molecule has 3 aliphatic rings. The summed E-state index contributed by atoms with van der Waals surface area (Å²) in [5, 5.41) is 6.21. The van der Waals surface area contributed by atoms with Crippen LogP contribution in [0.25, 0.3) is 16.5 Å². The minimum Gasteiger partial charge on any atom is -0.392 e. The molecule has 1 aliphatic carbocycles. The maximum atomic E-state index is 6.05. The van der Waals surface area contributed by atoms with Crippen molar-refractivity contribution in [3.05, 3.63) is 64.1 Å². The zero-order valence-corrected chi connectivity index (χ0v) is 25.2. The number of nitrogens with two attached hydrogens (primary N) is 1. The van der Waals surface area contributed by atoms with Gasteiger partial charge in [-0.25, -0.2) is 10.8 Å². The Bertz CT molecular complexity index is 1380. The quantitative estimate of drug-likeness (QED) is 0.292. The molecule has 1 atom stereocenters. The first-order valence-electron chi connectivity index (χ1n) is 15.0. The van der Waals surface area contributed by atoms with Crippen LogP contribution in [0.2, 0.25) is 0 Å². The number of rotatable bonds is 7. The van der Waals surface area contributed by atoms with E-state index >= 15 is 0 Å². The lowest BCUT2D eigenvalue weighted by molar-refractivity contribution is 0.210. The lowest BCUT2D eigenvalue weighted by Gasteiger charge is -2.33. The van der Waals surface area contributed by atoms with Crippen molar-refractivity contribution < 1.29 is 0 Å². The molecular formula is C33H47N7. The number of nitrogens with one attached hydrogen (secondary N) is 2. The van der Waals surface area contributed by atoms with Crippen LogP contribution in [-0.4, -0.2) is 66.7 Å². The van der Waals surface area contributed by atoms with Crippen molar-refractivity contribution in [3.8, 4) is 0 Å². The molecule has 1 unspecified atom stereocenters. The van der Waals surface area contributed by atoms with Gasteiger partial charge in [0, 0.05) is 55.6 Å². The fourth-order valence-electron chi connectivity index (χ4n) is 6.61. The normalized spacial score (nSPS) is 24.4. The molecule has 7 nitrogen and oxygen atoms in total. The minimum atomic E-state index is 0.342. The molecular weight excluding hydrogens is 494 g/mol. The van der Waals surface area contributed by atoms with E-state index in [0.29, 0.717) is 17.9 Å². The summed E-state index contributed by atoms with van der Waals surface area (Å²) in [5.74, 6) is 7.04. The number of hydrazine groups is 1. The molecule has 1 fully saturated rings. The zero-order valence-electron chi connectivity index (χ0n) is 25.2. The lowest BCUT2D eigenvalue weighted by Crippen LogP contribution is -2.39. The summed E-state index contributed by atoms with van der Waals surface area (Å²) in [5.41, 5.74) is 11.6. The number of likely N-dealkylation sites (N-methyl/N-ethyl adjacent to an activating group) is 1. The first-order chi connectivity index (χ1) is 19.3. The van der Waals surface area contributed by atoms with Crippen LogP contribution in [0.3, 0.4) is 0 Å². The second-order valence-electron chi connectivity index (χ2n) is 12.1. The van der Waals surface area contributed by atoms with Gasteiger partial charge in [0.25, 0.3) is 0 Å². The highest BCUT2D eigenvalue weighted by molar-refractivity contribution is 6.08. The second-order valence-corrected chi connectivity index (χ2v) is 12.1. The van der Waals surface area contributed by atoms with E-state index in [-0.39, 0.29) is 0 Å². The Labute approximate surface area is 240 Å². The van der Waals surface area contributed by atoms with Crippen LogP contribution in [0.15, 0.2) is 57.3 Å². The third-order valence-electron chi connectivity index (χ3n) is 9.09. The number of piperidine rings is 1. The third kappa shape index (κ3) is 5.81. The van der Waals surface area contributed by atoms with Gasteiger partial charge in [0.05, 0.1) is 11.7 Å². The Balaban J connectivity index is 1.43. The van der Waals surface area contributed by atoms with Gasteiger partial charge in [0.1, 0.15) is 6.34 Å². The number of allylic oxidation sites excluding steroid dienone is 4. The molecule has 1 aromatic carbocycles. The first-order valence-corrected chi connectivity index (χ1v) is 15.0. The summed E-state index contributed by atoms with van der Waals surface area (Å²) >= 11 is 0. The van der Waals surface area contributed by atoms with Gasteiger partial charge in [-0.3, -0.25) is 9.89 Å². The number of hydrogen-bond donors (Lipinski definition) is 3. The van der Waals surface area contributed by atoms with Gasteiger partial charge in [-0.15, -0.1) is 0 Å². The van der Waals surface area contributed by atoms with Crippen LogP contribution in [0.1, 0.15) is 88.5 Å². The Morgan fingerprint density at radius 2 is 1.98 bits per heavy atom. The van der Waals surface area contributed by atoms with Gasteiger partial charge >= 0.3 is 0 Å². The highest BCUT2D eigenvalue weighted by Gasteiger charge is 2.26. The topological polar surface area (TPSA) is 85.0 Å². The van der Waals surface area contributed by atoms with E-state index in [0.717, 1.165) is 44.6 Å². The molecule has 214 valence electrons. The van der Waals surface area contributed by atoms with Gasteiger partial charge in [0.2, 0.25) is 0 Å². The van der Waals surface area contributed by atoms with Gasteiger partial charge in [-0.2, -0.15) is 0 Å². The monoisotopic (exact) mass is 541 g/mol. The Hall–Kier alpha value is -3.16. The summed E-state index contributed by atoms with van der Waals surface area (Å²) in [7, 11) is 3.83. The van der Waals surface area contributed by atoms with Gasteiger partial charge < -0.3 is 15.3 Å². The summed E-state index contributed by atoms with van der Waals surface area (Å²) in [6.07, 6.45) is 11.6. The Kier molecular flexibility index (Phi) is 8.62. The predicted molar refractivity (Wildman–Crippen MR) is 170 cm³/mol. The second kappa shape index (κ2) is 12.1. The smallest absolute Gasteiger partial charge is 0.110 e. The summed E-state index contributed by atoms with van der Waals surface area (Å²) in [6, 6.07) is 7.50. The van der Waals surface area contributed by atoms with Crippen LogP contribution >= 0.6 is 0 Å². The molecule has 1 saturated heterocycles. The van der Waals surface area contributed by atoms with Crippen LogP contribution < -0.4 is 11.2 Å². The fraction of sp³-hybridized carbons (Fsp3) is 0.515. The van der Waals surface area contributed by atoms with Crippen LogP contribution in [0.4, 0.5) is 0 Å². The van der Waals surface area contributed by atoms with Crippen LogP contribution in [-0.2, 0) is 0 Å². The molecule has 0 radical (unpaired) electrons. The summed E-state index contributed by atoms with van der Waals surface area (Å²) in [4.78, 5) is 15.7. The standard InChI is InChI=1S/C33H47N7/c1-21(2)32-29-16-25(24-12-14-40(15-13-24)19-27(18-35-5)39(6)34)10-11-30(29)38-33(32)28-9-7-8-26-17-31(37-20-36-26)23(4)22(28)3/h9-11,16,18,20-21,24,26,35,38H,7-8,12-15,17,19,34H2,1-6H3/b23-22-,27-18-,28-9+. The number of benzene rings is 1. The van der Waals surface area contributed by atoms with Crippen molar-refractivity contribution in [2.24, 2.45) is 15.8 Å². The summed E-state index contributed by atoms with van der Waals surface area (Å²) in [6.45, 7) is 12.2. The zero-order chi connectivity index (χ0) is 28.4. The average Bonchev–Trinajstić information content (AvgIpc) is 3.34. The predicted octanol–water partition coefficient (Wildman–Crippen LogP) is 6.09. The van der Waals surface area contributed by atoms with Crippen molar-refractivity contribution in [2.75, 3.05) is 33.7 Å². The highest BCUT2D eigenvalue weighted by atomic mass is 15.4. The fourth-order valence-corrected chi connectivity index (χ4v) is 6.61. The Morgan fingerprint density at radius 3 is 2.67 bits per heavy atom. The lowest BCUT2D eigenvalue weighted by atomic mass is 9.86. The van der Waals surface area contributed by atoms with E-state index in [9.17, 15) is 0 Å². The number of likely N-dealkylation sites (tertiary alicyclic amines) is 1.